The van der Waals surface area contributed by atoms with Crippen LogP contribution in [0, 0.1) is 17.0 Å². The second-order valence-electron chi connectivity index (χ2n) is 6.27. The number of nitrogens with zero attached hydrogens (tertiary/aromatic N) is 3. The quantitative estimate of drug-likeness (QED) is 0.406. The Hall–Kier alpha value is -3.73. The lowest BCUT2D eigenvalue weighted by molar-refractivity contribution is -0.389. The number of nitro groups is 1. The molecule has 0 aliphatic carbocycles. The molecule has 0 saturated heterocycles. The summed E-state index contributed by atoms with van der Waals surface area (Å²) in [5.74, 6) is 0.606. The molecule has 3 aromatic rings. The molecular formula is C19H19ClN4O7. The van der Waals surface area contributed by atoms with Crippen molar-refractivity contribution in [3.05, 3.63) is 56.6 Å². The van der Waals surface area contributed by atoms with E-state index < -0.39 is 16.6 Å². The summed E-state index contributed by atoms with van der Waals surface area (Å²) in [6.45, 7) is 1.67. The van der Waals surface area contributed by atoms with Crippen molar-refractivity contribution in [1.29, 1.82) is 0 Å². The number of hydrogen-bond donors (Lipinski definition) is 1. The summed E-state index contributed by atoms with van der Waals surface area (Å²) in [6, 6.07) is 6.22. The van der Waals surface area contributed by atoms with Gasteiger partial charge >= 0.3 is 5.82 Å². The van der Waals surface area contributed by atoms with Crippen LogP contribution < -0.4 is 19.5 Å². The van der Waals surface area contributed by atoms with Crippen LogP contribution in [-0.2, 0) is 6.54 Å². The number of halogens is 1. The molecule has 0 bridgehead atoms. The molecule has 0 fully saturated rings. The molecule has 0 aliphatic heterocycles. The summed E-state index contributed by atoms with van der Waals surface area (Å²) >= 11 is 5.94. The Morgan fingerprint density at radius 2 is 1.87 bits per heavy atom. The predicted molar refractivity (Wildman–Crippen MR) is 110 cm³/mol. The molecule has 11 nitrogen and oxygen atoms in total. The summed E-state index contributed by atoms with van der Waals surface area (Å²) in [5.41, 5.74) is 0.816. The van der Waals surface area contributed by atoms with E-state index in [9.17, 15) is 14.9 Å². The number of furan rings is 1. The number of methoxy groups -OCH3 is 3. The van der Waals surface area contributed by atoms with Crippen LogP contribution in [0.25, 0.3) is 0 Å². The van der Waals surface area contributed by atoms with Crippen molar-refractivity contribution in [3.8, 4) is 17.2 Å². The molecule has 0 radical (unpaired) electrons. The SMILES string of the molecule is COc1cc(NC(=O)c2ccc(Cn3nc([N+](=O)[O-])c(Cl)c3C)o2)cc(OC)c1OC. The first-order chi connectivity index (χ1) is 14.8. The first-order valence-electron chi connectivity index (χ1n) is 8.86. The van der Waals surface area contributed by atoms with Gasteiger partial charge in [-0.3, -0.25) is 4.79 Å². The smallest absolute Gasteiger partial charge is 0.408 e. The van der Waals surface area contributed by atoms with Crippen molar-refractivity contribution in [2.45, 2.75) is 13.5 Å². The topological polar surface area (TPSA) is 131 Å². The standard InChI is InChI=1S/C19H19ClN4O7/c1-10-16(20)18(24(26)27)22-23(10)9-12-5-6-13(31-12)19(25)21-11-7-14(28-2)17(30-4)15(8-11)29-3/h5-8H,9H2,1-4H3,(H,21,25). The Bertz CT molecular complexity index is 1110. The van der Waals surface area contributed by atoms with Crippen LogP contribution in [-0.4, -0.2) is 41.9 Å². The van der Waals surface area contributed by atoms with Gasteiger partial charge in [0.05, 0.1) is 32.1 Å². The van der Waals surface area contributed by atoms with Crippen molar-refractivity contribution in [1.82, 2.24) is 9.78 Å². The third kappa shape index (κ3) is 4.40. The zero-order chi connectivity index (χ0) is 22.7. The van der Waals surface area contributed by atoms with E-state index >= 15 is 0 Å². The van der Waals surface area contributed by atoms with E-state index in [1.54, 1.807) is 25.1 Å². The summed E-state index contributed by atoms with van der Waals surface area (Å²) in [6.07, 6.45) is 0. The number of ether oxygens (including phenoxy) is 3. The van der Waals surface area contributed by atoms with Crippen LogP contribution in [0.4, 0.5) is 11.5 Å². The maximum Gasteiger partial charge on any atom is 0.408 e. The lowest BCUT2D eigenvalue weighted by atomic mass is 10.2. The second-order valence-corrected chi connectivity index (χ2v) is 6.65. The van der Waals surface area contributed by atoms with E-state index in [4.69, 9.17) is 30.2 Å². The largest absolute Gasteiger partial charge is 0.493 e. The minimum absolute atomic E-state index is 0.0363. The molecule has 2 aromatic heterocycles. The van der Waals surface area contributed by atoms with Crippen LogP contribution >= 0.6 is 11.6 Å². The van der Waals surface area contributed by atoms with Crippen LogP contribution in [0.5, 0.6) is 17.2 Å². The molecule has 0 aliphatic rings. The Kier molecular flexibility index (Phi) is 6.35. The lowest BCUT2D eigenvalue weighted by Crippen LogP contribution is -2.11. The number of carbonyl (C=O) groups excluding carboxylic acids is 1. The highest BCUT2D eigenvalue weighted by molar-refractivity contribution is 6.33. The van der Waals surface area contributed by atoms with Gasteiger partial charge in [-0.1, -0.05) is 11.6 Å². The monoisotopic (exact) mass is 450 g/mol. The van der Waals surface area contributed by atoms with Crippen LogP contribution in [0.1, 0.15) is 22.0 Å². The molecule has 1 amide bonds. The zero-order valence-corrected chi connectivity index (χ0v) is 17.8. The molecule has 164 valence electrons. The highest BCUT2D eigenvalue weighted by Crippen LogP contribution is 2.40. The van der Waals surface area contributed by atoms with Gasteiger partial charge in [0.15, 0.2) is 22.3 Å². The van der Waals surface area contributed by atoms with Crippen LogP contribution in [0.2, 0.25) is 5.02 Å². The number of rotatable bonds is 8. The molecule has 1 N–H and O–H groups in total. The van der Waals surface area contributed by atoms with Crippen molar-refractivity contribution in [2.24, 2.45) is 0 Å². The molecule has 2 heterocycles. The van der Waals surface area contributed by atoms with Gasteiger partial charge in [-0.2, -0.15) is 4.68 Å². The normalized spacial score (nSPS) is 10.6. The number of aromatic nitrogens is 2. The van der Waals surface area contributed by atoms with Crippen molar-refractivity contribution >= 4 is 29.0 Å². The van der Waals surface area contributed by atoms with Crippen molar-refractivity contribution in [3.63, 3.8) is 0 Å². The van der Waals surface area contributed by atoms with Gasteiger partial charge in [-0.15, -0.1) is 0 Å². The fourth-order valence-corrected chi connectivity index (χ4v) is 3.06. The number of nitrogens with one attached hydrogen (secondary N) is 1. The van der Waals surface area contributed by atoms with Gasteiger partial charge in [0.1, 0.15) is 12.3 Å². The van der Waals surface area contributed by atoms with Gasteiger partial charge in [-0.05, 0) is 24.0 Å². The Morgan fingerprint density at radius 1 is 1.23 bits per heavy atom. The molecule has 3 rings (SSSR count). The van der Waals surface area contributed by atoms with E-state index in [0.29, 0.717) is 34.4 Å². The number of benzene rings is 1. The first-order valence-corrected chi connectivity index (χ1v) is 9.24. The van der Waals surface area contributed by atoms with E-state index in [2.05, 4.69) is 10.4 Å². The fourth-order valence-electron chi connectivity index (χ4n) is 2.86. The highest BCUT2D eigenvalue weighted by Gasteiger charge is 2.25. The number of hydrogen-bond acceptors (Lipinski definition) is 8. The summed E-state index contributed by atoms with van der Waals surface area (Å²) < 4.78 is 22.7. The van der Waals surface area contributed by atoms with Crippen LogP contribution in [0.15, 0.2) is 28.7 Å². The Balaban J connectivity index is 1.78. The molecule has 0 atom stereocenters. The van der Waals surface area contributed by atoms with Crippen molar-refractivity contribution in [2.75, 3.05) is 26.6 Å². The average molecular weight is 451 g/mol. The van der Waals surface area contributed by atoms with Gasteiger partial charge < -0.3 is 34.1 Å². The third-order valence-corrected chi connectivity index (χ3v) is 4.85. The molecule has 0 unspecified atom stereocenters. The number of amides is 1. The summed E-state index contributed by atoms with van der Waals surface area (Å²) in [5, 5.41) is 17.5. The van der Waals surface area contributed by atoms with Crippen molar-refractivity contribution < 1.29 is 28.3 Å². The van der Waals surface area contributed by atoms with E-state index in [1.807, 2.05) is 0 Å². The average Bonchev–Trinajstić information content (AvgIpc) is 3.33. The third-order valence-electron chi connectivity index (χ3n) is 4.40. The summed E-state index contributed by atoms with van der Waals surface area (Å²) in [7, 11) is 4.41. The maximum atomic E-state index is 12.6. The second kappa shape index (κ2) is 8.96. The van der Waals surface area contributed by atoms with E-state index in [-0.39, 0.29) is 17.3 Å². The molecule has 12 heteroatoms. The Labute approximate surface area is 181 Å². The minimum atomic E-state index is -0.662. The maximum absolute atomic E-state index is 12.6. The zero-order valence-electron chi connectivity index (χ0n) is 17.1. The van der Waals surface area contributed by atoms with Gasteiger partial charge in [0.2, 0.25) is 5.75 Å². The first kappa shape index (κ1) is 22.0. The van der Waals surface area contributed by atoms with E-state index in [0.717, 1.165) is 0 Å². The molecule has 0 saturated carbocycles. The molecule has 0 spiro atoms. The Morgan fingerprint density at radius 3 is 2.39 bits per heavy atom. The number of carbonyl (C=O) groups is 1. The van der Waals surface area contributed by atoms with Gasteiger partial charge in [0, 0.05) is 17.8 Å². The molecule has 31 heavy (non-hydrogen) atoms. The minimum Gasteiger partial charge on any atom is -0.493 e. The van der Waals surface area contributed by atoms with E-state index in [1.165, 1.54) is 32.1 Å². The van der Waals surface area contributed by atoms with Crippen LogP contribution in [0.3, 0.4) is 0 Å². The highest BCUT2D eigenvalue weighted by atomic mass is 35.5. The number of anilines is 1. The summed E-state index contributed by atoms with van der Waals surface area (Å²) in [4.78, 5) is 22.9. The molecule has 1 aromatic carbocycles. The fraction of sp³-hybridized carbons (Fsp3) is 0.263. The van der Waals surface area contributed by atoms with Gasteiger partial charge in [-0.25, -0.2) is 0 Å². The van der Waals surface area contributed by atoms with Gasteiger partial charge in [0.25, 0.3) is 5.91 Å². The lowest BCUT2D eigenvalue weighted by Gasteiger charge is -2.14. The predicted octanol–water partition coefficient (Wildman–Crippen LogP) is 3.67. The molecular weight excluding hydrogens is 432 g/mol.